The van der Waals surface area contributed by atoms with Gasteiger partial charge in [0, 0.05) is 17.5 Å². The zero-order valence-corrected chi connectivity index (χ0v) is 13.0. The quantitative estimate of drug-likeness (QED) is 0.616. The van der Waals surface area contributed by atoms with Gasteiger partial charge >= 0.3 is 0 Å². The molecule has 0 radical (unpaired) electrons. The molecule has 0 bridgehead atoms. The Hall–Kier alpha value is -1.40. The van der Waals surface area contributed by atoms with Crippen molar-refractivity contribution in [1.82, 2.24) is 9.97 Å². The lowest BCUT2D eigenvalue weighted by Gasteiger charge is -2.19. The van der Waals surface area contributed by atoms with Crippen LogP contribution in [0.3, 0.4) is 0 Å². The van der Waals surface area contributed by atoms with Crippen LogP contribution in [-0.2, 0) is 14.9 Å². The van der Waals surface area contributed by atoms with Crippen molar-refractivity contribution in [2.45, 2.75) is 33.1 Å². The first kappa shape index (κ1) is 16.7. The van der Waals surface area contributed by atoms with Crippen LogP contribution in [0.5, 0.6) is 0 Å². The van der Waals surface area contributed by atoms with Crippen LogP contribution >= 0.6 is 11.6 Å². The maximum atomic E-state index is 10.5. The zero-order valence-electron chi connectivity index (χ0n) is 12.3. The predicted molar refractivity (Wildman–Crippen MR) is 79.0 cm³/mol. The minimum Gasteiger partial charge on any atom is -0.370 e. The molecule has 0 aliphatic heterocycles. The first-order valence-corrected chi connectivity index (χ1v) is 6.74. The Morgan fingerprint density at radius 1 is 1.40 bits per heavy atom. The summed E-state index contributed by atoms with van der Waals surface area (Å²) in [5.41, 5.74) is 5.58. The lowest BCUT2D eigenvalue weighted by molar-refractivity contribution is -0.122. The van der Waals surface area contributed by atoms with E-state index in [1.807, 2.05) is 27.7 Å². The van der Waals surface area contributed by atoms with E-state index in [9.17, 15) is 4.79 Å². The molecular formula is C13H21ClN4O2. The molecule has 1 aromatic heterocycles. The molecule has 0 unspecified atom stereocenters. The summed E-state index contributed by atoms with van der Waals surface area (Å²) in [6, 6.07) is 0. The maximum absolute atomic E-state index is 10.5. The minimum absolute atomic E-state index is 0.0849. The van der Waals surface area contributed by atoms with Crippen molar-refractivity contribution in [2.75, 3.05) is 25.1 Å². The number of carbonyl (C=O) groups excluding carboxylic acids is 1. The van der Waals surface area contributed by atoms with E-state index in [1.54, 1.807) is 0 Å². The summed E-state index contributed by atoms with van der Waals surface area (Å²) in [5.74, 6) is 0.868. The van der Waals surface area contributed by atoms with E-state index in [4.69, 9.17) is 22.1 Å². The number of carbonyl (C=O) groups is 1. The van der Waals surface area contributed by atoms with Crippen LogP contribution in [0.25, 0.3) is 0 Å². The fraction of sp³-hybridized carbons (Fsp3) is 0.615. The summed E-state index contributed by atoms with van der Waals surface area (Å²) >= 11 is 6.12. The predicted octanol–water partition coefficient (Wildman–Crippen LogP) is 1.65. The van der Waals surface area contributed by atoms with Crippen LogP contribution in [0.15, 0.2) is 0 Å². The van der Waals surface area contributed by atoms with Crippen molar-refractivity contribution in [1.29, 1.82) is 0 Å². The van der Waals surface area contributed by atoms with E-state index >= 15 is 0 Å². The van der Waals surface area contributed by atoms with Gasteiger partial charge in [0.25, 0.3) is 0 Å². The average molecular weight is 301 g/mol. The molecule has 1 rings (SSSR count). The van der Waals surface area contributed by atoms with Gasteiger partial charge in [-0.25, -0.2) is 9.97 Å². The Bertz CT molecular complexity index is 486. The molecule has 6 nitrogen and oxygen atoms in total. The number of aromatic nitrogens is 2. The molecule has 3 N–H and O–H groups in total. The number of nitrogens with zero attached hydrogens (tertiary/aromatic N) is 2. The molecule has 0 aromatic carbocycles. The summed E-state index contributed by atoms with van der Waals surface area (Å²) in [4.78, 5) is 19.3. The van der Waals surface area contributed by atoms with Gasteiger partial charge in [-0.3, -0.25) is 4.79 Å². The maximum Gasteiger partial charge on any atom is 0.243 e. The fourth-order valence-corrected chi connectivity index (χ4v) is 1.58. The number of rotatable bonds is 6. The number of anilines is 1. The molecule has 0 saturated heterocycles. The smallest absolute Gasteiger partial charge is 0.243 e. The second kappa shape index (κ2) is 6.85. The van der Waals surface area contributed by atoms with E-state index in [1.165, 1.54) is 0 Å². The van der Waals surface area contributed by atoms with Gasteiger partial charge in [-0.2, -0.15) is 0 Å². The van der Waals surface area contributed by atoms with E-state index in [0.717, 1.165) is 5.56 Å². The van der Waals surface area contributed by atoms with Crippen molar-refractivity contribution in [3.63, 3.8) is 0 Å². The number of ether oxygens (including phenoxy) is 1. The van der Waals surface area contributed by atoms with Crippen LogP contribution in [0.1, 0.15) is 32.2 Å². The highest BCUT2D eigenvalue weighted by atomic mass is 35.5. The van der Waals surface area contributed by atoms with E-state index in [0.29, 0.717) is 29.9 Å². The first-order valence-electron chi connectivity index (χ1n) is 6.36. The van der Waals surface area contributed by atoms with Gasteiger partial charge in [-0.05, 0) is 6.92 Å². The number of primary amides is 1. The Balaban J connectivity index is 2.69. The van der Waals surface area contributed by atoms with E-state index < -0.39 is 5.91 Å². The number of hydrogen-bond acceptors (Lipinski definition) is 5. The molecule has 0 aliphatic rings. The Morgan fingerprint density at radius 3 is 2.60 bits per heavy atom. The van der Waals surface area contributed by atoms with Crippen LogP contribution < -0.4 is 11.1 Å². The number of hydrogen-bond donors (Lipinski definition) is 2. The summed E-state index contributed by atoms with van der Waals surface area (Å²) in [6.07, 6.45) is 0. The van der Waals surface area contributed by atoms with Gasteiger partial charge in [-0.1, -0.05) is 32.4 Å². The summed E-state index contributed by atoms with van der Waals surface area (Å²) in [5, 5.41) is 3.56. The molecule has 0 aliphatic carbocycles. The van der Waals surface area contributed by atoms with Crippen LogP contribution in [0.2, 0.25) is 5.15 Å². The highest BCUT2D eigenvalue weighted by Crippen LogP contribution is 2.25. The average Bonchev–Trinajstić information content (AvgIpc) is 2.31. The lowest BCUT2D eigenvalue weighted by Crippen LogP contribution is -2.22. The molecule has 1 aromatic rings. The molecule has 0 spiro atoms. The van der Waals surface area contributed by atoms with Crippen molar-refractivity contribution >= 4 is 23.3 Å². The van der Waals surface area contributed by atoms with Crippen molar-refractivity contribution in [3.8, 4) is 0 Å². The second-order valence-corrected chi connectivity index (χ2v) is 5.87. The lowest BCUT2D eigenvalue weighted by atomic mass is 9.95. The molecule has 20 heavy (non-hydrogen) atoms. The molecule has 0 fully saturated rings. The third-order valence-electron chi connectivity index (χ3n) is 2.54. The highest BCUT2D eigenvalue weighted by Gasteiger charge is 2.20. The van der Waals surface area contributed by atoms with Gasteiger partial charge in [0.2, 0.25) is 5.91 Å². The van der Waals surface area contributed by atoms with Crippen molar-refractivity contribution in [2.24, 2.45) is 5.73 Å². The molecule has 0 atom stereocenters. The van der Waals surface area contributed by atoms with E-state index in [-0.39, 0.29) is 12.0 Å². The third kappa shape index (κ3) is 4.94. The summed E-state index contributed by atoms with van der Waals surface area (Å²) in [7, 11) is 0. The first-order chi connectivity index (χ1) is 9.21. The highest BCUT2D eigenvalue weighted by molar-refractivity contribution is 6.30. The van der Waals surface area contributed by atoms with Gasteiger partial charge in [0.15, 0.2) is 0 Å². The Morgan fingerprint density at radius 2 is 2.05 bits per heavy atom. The normalized spacial score (nSPS) is 11.4. The molecule has 1 amide bonds. The standard InChI is InChI=1S/C13H21ClN4O2/c1-8-10(14)17-12(13(2,3)4)18-11(8)16-5-6-20-7-9(15)19/h5-7H2,1-4H3,(H2,15,19)(H,16,17,18). The summed E-state index contributed by atoms with van der Waals surface area (Å²) in [6.45, 7) is 8.69. The molecule has 0 saturated carbocycles. The van der Waals surface area contributed by atoms with Gasteiger partial charge in [-0.15, -0.1) is 0 Å². The number of nitrogens with one attached hydrogen (secondary N) is 1. The van der Waals surface area contributed by atoms with Gasteiger partial charge < -0.3 is 15.8 Å². The number of nitrogens with two attached hydrogens (primary N) is 1. The van der Waals surface area contributed by atoms with Crippen LogP contribution in [0.4, 0.5) is 5.82 Å². The largest absolute Gasteiger partial charge is 0.370 e. The molecule has 1 heterocycles. The van der Waals surface area contributed by atoms with Gasteiger partial charge in [0.05, 0.1) is 6.61 Å². The van der Waals surface area contributed by atoms with Crippen LogP contribution in [0, 0.1) is 6.92 Å². The Labute approximate surface area is 124 Å². The number of halogens is 1. The third-order valence-corrected chi connectivity index (χ3v) is 2.91. The van der Waals surface area contributed by atoms with E-state index in [2.05, 4.69) is 15.3 Å². The zero-order chi connectivity index (χ0) is 15.3. The Kier molecular flexibility index (Phi) is 5.71. The van der Waals surface area contributed by atoms with Crippen molar-refractivity contribution in [3.05, 3.63) is 16.5 Å². The molecule has 112 valence electrons. The van der Waals surface area contributed by atoms with Gasteiger partial charge in [0.1, 0.15) is 23.4 Å². The second-order valence-electron chi connectivity index (χ2n) is 5.51. The molecular weight excluding hydrogens is 280 g/mol. The SMILES string of the molecule is Cc1c(Cl)nc(C(C)(C)C)nc1NCCOCC(N)=O. The minimum atomic E-state index is -0.485. The van der Waals surface area contributed by atoms with Crippen LogP contribution in [-0.4, -0.2) is 35.6 Å². The fourth-order valence-electron chi connectivity index (χ4n) is 1.41. The molecule has 7 heteroatoms. The van der Waals surface area contributed by atoms with Crippen molar-refractivity contribution < 1.29 is 9.53 Å². The monoisotopic (exact) mass is 300 g/mol. The number of amides is 1. The topological polar surface area (TPSA) is 90.1 Å². The summed E-state index contributed by atoms with van der Waals surface area (Å²) < 4.78 is 5.07.